The molecule has 0 atom stereocenters. The van der Waals surface area contributed by atoms with Crippen molar-refractivity contribution in [3.05, 3.63) is 0 Å². The molecule has 0 saturated carbocycles. The van der Waals surface area contributed by atoms with Crippen molar-refractivity contribution < 1.29 is 28.6 Å². The van der Waals surface area contributed by atoms with Crippen molar-refractivity contribution in [2.45, 2.75) is 33.6 Å². The van der Waals surface area contributed by atoms with Gasteiger partial charge in [-0.1, -0.05) is 0 Å². The van der Waals surface area contributed by atoms with Crippen molar-refractivity contribution in [2.24, 2.45) is 5.41 Å². The van der Waals surface area contributed by atoms with E-state index in [1.165, 1.54) is 7.11 Å². The molecule has 0 aromatic rings. The summed E-state index contributed by atoms with van der Waals surface area (Å²) in [4.78, 5) is 33.1. The third-order valence-corrected chi connectivity index (χ3v) is 1.78. The number of ether oxygens (including phenoxy) is 3. The lowest BCUT2D eigenvalue weighted by atomic mass is 9.98. The molecule has 0 bridgehead atoms. The summed E-state index contributed by atoms with van der Waals surface area (Å²) in [5.74, 6) is -1.57. The molecule has 0 aromatic carbocycles. The van der Waals surface area contributed by atoms with Crippen LogP contribution in [0.1, 0.15) is 33.6 Å². The van der Waals surface area contributed by atoms with E-state index in [1.54, 1.807) is 20.8 Å². The minimum Gasteiger partial charge on any atom is -0.469 e. The number of carbonyl (C=O) groups excluding carboxylic acids is 3. The van der Waals surface area contributed by atoms with E-state index in [9.17, 15) is 14.4 Å². The Labute approximate surface area is 100 Å². The van der Waals surface area contributed by atoms with Gasteiger partial charge in [0.2, 0.25) is 6.79 Å². The highest BCUT2D eigenvalue weighted by Gasteiger charge is 2.23. The Kier molecular flexibility index (Phi) is 6.23. The Morgan fingerprint density at radius 2 is 1.47 bits per heavy atom. The standard InChI is InChI=1S/C11H18O6/c1-11(2,3)10(14)17-7-16-9(13)6-5-8(12)15-4/h5-7H2,1-4H3. The number of methoxy groups -OCH3 is 1. The number of hydrogen-bond donors (Lipinski definition) is 0. The molecule has 0 aliphatic carbocycles. The van der Waals surface area contributed by atoms with E-state index in [2.05, 4.69) is 9.47 Å². The predicted molar refractivity (Wildman–Crippen MR) is 57.8 cm³/mol. The number of hydrogen-bond acceptors (Lipinski definition) is 6. The molecule has 0 N–H and O–H groups in total. The van der Waals surface area contributed by atoms with Gasteiger partial charge in [0.05, 0.1) is 25.4 Å². The van der Waals surface area contributed by atoms with E-state index in [4.69, 9.17) is 4.74 Å². The molecule has 6 nitrogen and oxygen atoms in total. The third-order valence-electron chi connectivity index (χ3n) is 1.78. The van der Waals surface area contributed by atoms with E-state index in [1.807, 2.05) is 0 Å². The molecule has 0 aliphatic rings. The van der Waals surface area contributed by atoms with Gasteiger partial charge in [0.15, 0.2) is 0 Å². The Hall–Kier alpha value is -1.59. The fraction of sp³-hybridized carbons (Fsp3) is 0.727. The van der Waals surface area contributed by atoms with Crippen LogP contribution in [0, 0.1) is 5.41 Å². The summed E-state index contributed by atoms with van der Waals surface area (Å²) in [6.07, 6.45) is -0.151. The van der Waals surface area contributed by atoms with Gasteiger partial charge in [0.1, 0.15) is 0 Å². The van der Waals surface area contributed by atoms with Crippen LogP contribution in [0.25, 0.3) is 0 Å². The summed E-state index contributed by atoms with van der Waals surface area (Å²) in [6, 6.07) is 0. The Morgan fingerprint density at radius 3 is 1.94 bits per heavy atom. The molecule has 17 heavy (non-hydrogen) atoms. The maximum atomic E-state index is 11.3. The molecule has 0 rings (SSSR count). The molecular formula is C11H18O6. The summed E-state index contributed by atoms with van der Waals surface area (Å²) >= 11 is 0. The largest absolute Gasteiger partial charge is 0.469 e. The zero-order chi connectivity index (χ0) is 13.5. The van der Waals surface area contributed by atoms with Crippen molar-refractivity contribution in [1.82, 2.24) is 0 Å². The van der Waals surface area contributed by atoms with Crippen LogP contribution < -0.4 is 0 Å². The topological polar surface area (TPSA) is 78.9 Å². The Bertz CT molecular complexity index is 289. The molecule has 0 fully saturated rings. The molecule has 0 radical (unpaired) electrons. The fourth-order valence-electron chi connectivity index (χ4n) is 0.744. The molecule has 0 heterocycles. The molecule has 0 amide bonds. The van der Waals surface area contributed by atoms with Gasteiger partial charge < -0.3 is 14.2 Å². The Balaban J connectivity index is 3.72. The summed E-state index contributed by atoms with van der Waals surface area (Å²) in [5, 5.41) is 0. The maximum absolute atomic E-state index is 11.3. The summed E-state index contributed by atoms with van der Waals surface area (Å²) in [5.41, 5.74) is -0.640. The van der Waals surface area contributed by atoms with E-state index >= 15 is 0 Å². The first kappa shape index (κ1) is 15.4. The number of carbonyl (C=O) groups is 3. The van der Waals surface area contributed by atoms with Crippen LogP contribution in [0.15, 0.2) is 0 Å². The van der Waals surface area contributed by atoms with Crippen molar-refractivity contribution >= 4 is 17.9 Å². The average Bonchev–Trinajstić information content (AvgIpc) is 2.24. The average molecular weight is 246 g/mol. The van der Waals surface area contributed by atoms with Crippen LogP contribution in [-0.2, 0) is 28.6 Å². The molecule has 0 aliphatic heterocycles. The summed E-state index contributed by atoms with van der Waals surface area (Å²) in [6.45, 7) is 4.63. The van der Waals surface area contributed by atoms with Gasteiger partial charge >= 0.3 is 17.9 Å². The molecule has 0 spiro atoms. The molecule has 98 valence electrons. The SMILES string of the molecule is COC(=O)CCC(=O)OCOC(=O)C(C)(C)C. The van der Waals surface area contributed by atoms with Gasteiger partial charge in [-0.15, -0.1) is 0 Å². The lowest BCUT2D eigenvalue weighted by Crippen LogP contribution is -2.24. The maximum Gasteiger partial charge on any atom is 0.314 e. The number of rotatable bonds is 5. The van der Waals surface area contributed by atoms with Crippen LogP contribution in [0.3, 0.4) is 0 Å². The van der Waals surface area contributed by atoms with E-state index in [-0.39, 0.29) is 12.8 Å². The molecule has 0 aromatic heterocycles. The first-order valence-electron chi connectivity index (χ1n) is 5.17. The Morgan fingerprint density at radius 1 is 0.941 bits per heavy atom. The molecule has 0 saturated heterocycles. The van der Waals surface area contributed by atoms with E-state index in [0.717, 1.165) is 0 Å². The first-order chi connectivity index (χ1) is 7.77. The monoisotopic (exact) mass is 246 g/mol. The zero-order valence-electron chi connectivity index (χ0n) is 10.6. The van der Waals surface area contributed by atoms with Crippen molar-refractivity contribution in [1.29, 1.82) is 0 Å². The second-order valence-electron chi connectivity index (χ2n) is 4.39. The smallest absolute Gasteiger partial charge is 0.314 e. The van der Waals surface area contributed by atoms with Crippen LogP contribution in [-0.4, -0.2) is 31.8 Å². The third kappa shape index (κ3) is 7.32. The summed E-state index contributed by atoms with van der Waals surface area (Å²) < 4.78 is 13.7. The second kappa shape index (κ2) is 6.88. The van der Waals surface area contributed by atoms with Crippen molar-refractivity contribution in [3.8, 4) is 0 Å². The molecular weight excluding hydrogens is 228 g/mol. The van der Waals surface area contributed by atoms with Crippen molar-refractivity contribution in [3.63, 3.8) is 0 Å². The zero-order valence-corrected chi connectivity index (χ0v) is 10.6. The number of esters is 3. The van der Waals surface area contributed by atoms with E-state index < -0.39 is 30.1 Å². The predicted octanol–water partition coefficient (Wildman–Crippen LogP) is 1.03. The highest BCUT2D eigenvalue weighted by molar-refractivity contribution is 5.78. The highest BCUT2D eigenvalue weighted by atomic mass is 16.7. The minimum atomic E-state index is -0.640. The van der Waals surface area contributed by atoms with Crippen LogP contribution in [0.2, 0.25) is 0 Å². The molecule has 6 heteroatoms. The second-order valence-corrected chi connectivity index (χ2v) is 4.39. The highest BCUT2D eigenvalue weighted by Crippen LogP contribution is 2.14. The fourth-order valence-corrected chi connectivity index (χ4v) is 0.744. The van der Waals surface area contributed by atoms with Gasteiger partial charge in [0, 0.05) is 0 Å². The van der Waals surface area contributed by atoms with Crippen LogP contribution in [0.4, 0.5) is 0 Å². The van der Waals surface area contributed by atoms with Crippen LogP contribution >= 0.6 is 0 Å². The van der Waals surface area contributed by atoms with Crippen molar-refractivity contribution in [2.75, 3.05) is 13.9 Å². The lowest BCUT2D eigenvalue weighted by Gasteiger charge is -2.16. The minimum absolute atomic E-state index is 0.0530. The lowest BCUT2D eigenvalue weighted by molar-refractivity contribution is -0.173. The quantitative estimate of drug-likeness (QED) is 0.532. The van der Waals surface area contributed by atoms with Gasteiger partial charge in [0.25, 0.3) is 0 Å². The summed E-state index contributed by atoms with van der Waals surface area (Å²) in [7, 11) is 1.23. The first-order valence-corrected chi connectivity index (χ1v) is 5.17. The van der Waals surface area contributed by atoms with Crippen LogP contribution in [0.5, 0.6) is 0 Å². The van der Waals surface area contributed by atoms with Gasteiger partial charge in [-0.3, -0.25) is 14.4 Å². The van der Waals surface area contributed by atoms with E-state index in [0.29, 0.717) is 0 Å². The van der Waals surface area contributed by atoms with Gasteiger partial charge in [-0.2, -0.15) is 0 Å². The molecule has 0 unspecified atom stereocenters. The van der Waals surface area contributed by atoms with Gasteiger partial charge in [-0.25, -0.2) is 0 Å². The normalized spacial score (nSPS) is 10.6. The van der Waals surface area contributed by atoms with Gasteiger partial charge in [-0.05, 0) is 20.8 Å².